The van der Waals surface area contributed by atoms with Crippen molar-refractivity contribution in [2.75, 3.05) is 7.11 Å². The quantitative estimate of drug-likeness (QED) is 0.759. The molecule has 0 saturated carbocycles. The van der Waals surface area contributed by atoms with Crippen LogP contribution in [0.2, 0.25) is 0 Å². The van der Waals surface area contributed by atoms with Crippen molar-refractivity contribution in [3.8, 4) is 11.9 Å². The molecule has 120 valence electrons. The van der Waals surface area contributed by atoms with Crippen molar-refractivity contribution in [1.82, 2.24) is 19.5 Å². The Kier molecular flexibility index (Phi) is 3.83. The molecule has 0 fully saturated rings. The topological polar surface area (TPSA) is 114 Å². The van der Waals surface area contributed by atoms with E-state index in [1.54, 1.807) is 19.2 Å². The molecule has 1 N–H and O–H groups in total. The zero-order chi connectivity index (χ0) is 17.3. The second kappa shape index (κ2) is 5.96. The monoisotopic (exact) mass is 323 g/mol. The lowest BCUT2D eigenvalue weighted by Crippen LogP contribution is -2.23. The molecule has 0 unspecified atom stereocenters. The molecule has 0 aliphatic rings. The predicted molar refractivity (Wildman–Crippen MR) is 86.0 cm³/mol. The number of H-pyrrole nitrogens is 1. The molecule has 0 saturated heterocycles. The molecule has 8 heteroatoms. The Morgan fingerprint density at radius 2 is 2.12 bits per heavy atom. The van der Waals surface area contributed by atoms with Crippen LogP contribution < -0.4 is 15.9 Å². The molecule has 3 heterocycles. The van der Waals surface area contributed by atoms with E-state index in [9.17, 15) is 9.59 Å². The molecule has 0 aliphatic heterocycles. The molecule has 0 radical (unpaired) electrons. The van der Waals surface area contributed by atoms with Gasteiger partial charge in [-0.3, -0.25) is 9.59 Å². The molecule has 8 nitrogen and oxygen atoms in total. The first-order valence-electron chi connectivity index (χ1n) is 7.07. The highest BCUT2D eigenvalue weighted by Gasteiger charge is 2.11. The minimum absolute atomic E-state index is 0.111. The standard InChI is InChI=1S/C16H13N5O3/c1-9-5-14(22)20-13(18-9)8-21-4-3-12-11(16(21)23)6-10(7-17)15(19-12)24-2/h3-6H,8H2,1-2H3,(H,18,20,22). The Hall–Kier alpha value is -3.47. The molecule has 0 amide bonds. The van der Waals surface area contributed by atoms with Crippen LogP contribution in [0.25, 0.3) is 10.9 Å². The van der Waals surface area contributed by atoms with Crippen molar-refractivity contribution in [2.24, 2.45) is 0 Å². The number of nitriles is 1. The summed E-state index contributed by atoms with van der Waals surface area (Å²) in [5.41, 5.74) is 0.577. The fourth-order valence-electron chi connectivity index (χ4n) is 2.43. The number of fused-ring (bicyclic) bond motifs is 1. The fourth-order valence-corrected chi connectivity index (χ4v) is 2.43. The Morgan fingerprint density at radius 3 is 2.79 bits per heavy atom. The van der Waals surface area contributed by atoms with E-state index >= 15 is 0 Å². The van der Waals surface area contributed by atoms with Crippen molar-refractivity contribution in [2.45, 2.75) is 13.5 Å². The van der Waals surface area contributed by atoms with Crippen molar-refractivity contribution in [1.29, 1.82) is 5.26 Å². The van der Waals surface area contributed by atoms with Gasteiger partial charge >= 0.3 is 0 Å². The van der Waals surface area contributed by atoms with Gasteiger partial charge < -0.3 is 14.3 Å². The van der Waals surface area contributed by atoms with Crippen LogP contribution in [0.1, 0.15) is 17.1 Å². The van der Waals surface area contributed by atoms with Crippen molar-refractivity contribution in [3.63, 3.8) is 0 Å². The molecule has 3 rings (SSSR count). The SMILES string of the molecule is COc1nc2ccn(Cc3nc(C)cc(=O)[nH]3)c(=O)c2cc1C#N. The zero-order valence-electron chi connectivity index (χ0n) is 13.0. The number of methoxy groups -OCH3 is 1. The van der Waals surface area contributed by atoms with Crippen LogP contribution in [-0.2, 0) is 6.54 Å². The molecular formula is C16H13N5O3. The van der Waals surface area contributed by atoms with Gasteiger partial charge in [-0.15, -0.1) is 0 Å². The van der Waals surface area contributed by atoms with E-state index in [4.69, 9.17) is 10.00 Å². The van der Waals surface area contributed by atoms with Crippen LogP contribution in [0, 0.1) is 18.3 Å². The molecular weight excluding hydrogens is 310 g/mol. The van der Waals surface area contributed by atoms with E-state index in [0.717, 1.165) is 0 Å². The molecule has 0 aliphatic carbocycles. The average molecular weight is 323 g/mol. The van der Waals surface area contributed by atoms with Crippen molar-refractivity contribution >= 4 is 10.9 Å². The minimum Gasteiger partial charge on any atom is -0.480 e. The number of nitrogens with one attached hydrogen (secondary N) is 1. The van der Waals surface area contributed by atoms with Gasteiger partial charge in [0.1, 0.15) is 17.5 Å². The fraction of sp³-hybridized carbons (Fsp3) is 0.188. The van der Waals surface area contributed by atoms with E-state index in [1.165, 1.54) is 23.8 Å². The Labute approximate surface area is 136 Å². The normalized spacial score (nSPS) is 10.5. The molecule has 3 aromatic heterocycles. The van der Waals surface area contributed by atoms with Gasteiger partial charge in [0.05, 0.1) is 24.6 Å². The highest BCUT2D eigenvalue weighted by Crippen LogP contribution is 2.19. The van der Waals surface area contributed by atoms with Gasteiger partial charge in [-0.1, -0.05) is 0 Å². The maximum Gasteiger partial charge on any atom is 0.260 e. The highest BCUT2D eigenvalue weighted by atomic mass is 16.5. The summed E-state index contributed by atoms with van der Waals surface area (Å²) in [7, 11) is 1.41. The first-order valence-corrected chi connectivity index (χ1v) is 7.07. The molecule has 0 spiro atoms. The number of pyridine rings is 2. The molecule has 0 atom stereocenters. The number of rotatable bonds is 3. The van der Waals surface area contributed by atoms with E-state index in [-0.39, 0.29) is 29.1 Å². The summed E-state index contributed by atoms with van der Waals surface area (Å²) in [6.07, 6.45) is 1.56. The minimum atomic E-state index is -0.330. The Balaban J connectivity index is 2.13. The van der Waals surface area contributed by atoms with Gasteiger partial charge in [0.25, 0.3) is 11.1 Å². The van der Waals surface area contributed by atoms with Gasteiger partial charge in [0.2, 0.25) is 5.88 Å². The summed E-state index contributed by atoms with van der Waals surface area (Å²) < 4.78 is 6.44. The molecule has 0 aromatic carbocycles. The van der Waals surface area contributed by atoms with E-state index in [0.29, 0.717) is 22.4 Å². The molecule has 0 bridgehead atoms. The number of nitrogens with zero attached hydrogens (tertiary/aromatic N) is 4. The Bertz CT molecular complexity index is 1090. The van der Waals surface area contributed by atoms with Crippen LogP contribution in [0.15, 0.2) is 34.0 Å². The maximum atomic E-state index is 12.6. The third-order valence-electron chi connectivity index (χ3n) is 3.47. The first-order chi connectivity index (χ1) is 11.5. The van der Waals surface area contributed by atoms with Gasteiger partial charge in [0.15, 0.2) is 0 Å². The number of aromatic amines is 1. The van der Waals surface area contributed by atoms with Crippen LogP contribution >= 0.6 is 0 Å². The third kappa shape index (κ3) is 2.75. The summed E-state index contributed by atoms with van der Waals surface area (Å²) in [5, 5.41) is 9.43. The van der Waals surface area contributed by atoms with Crippen LogP contribution in [0.4, 0.5) is 0 Å². The second-order valence-corrected chi connectivity index (χ2v) is 5.17. The van der Waals surface area contributed by atoms with Gasteiger partial charge in [-0.2, -0.15) is 5.26 Å². The lowest BCUT2D eigenvalue weighted by atomic mass is 10.2. The molecule has 3 aromatic rings. The zero-order valence-corrected chi connectivity index (χ0v) is 13.0. The smallest absolute Gasteiger partial charge is 0.260 e. The average Bonchev–Trinajstić information content (AvgIpc) is 2.55. The van der Waals surface area contributed by atoms with Crippen LogP contribution in [0.5, 0.6) is 5.88 Å². The lowest BCUT2D eigenvalue weighted by molar-refractivity contribution is 0.398. The largest absolute Gasteiger partial charge is 0.480 e. The summed E-state index contributed by atoms with van der Waals surface area (Å²) in [6.45, 7) is 1.82. The summed E-state index contributed by atoms with van der Waals surface area (Å²) in [5.74, 6) is 0.551. The predicted octanol–water partition coefficient (Wildman–Crippen LogP) is 0.717. The van der Waals surface area contributed by atoms with Crippen molar-refractivity contribution in [3.05, 3.63) is 62.2 Å². The number of ether oxygens (including phenoxy) is 1. The highest BCUT2D eigenvalue weighted by molar-refractivity contribution is 5.79. The van der Waals surface area contributed by atoms with Crippen molar-refractivity contribution < 1.29 is 4.74 Å². The molecule has 24 heavy (non-hydrogen) atoms. The number of aryl methyl sites for hydroxylation is 1. The van der Waals surface area contributed by atoms with Gasteiger partial charge in [-0.25, -0.2) is 9.97 Å². The van der Waals surface area contributed by atoms with Gasteiger partial charge in [0, 0.05) is 18.0 Å². The Morgan fingerprint density at radius 1 is 1.33 bits per heavy atom. The van der Waals surface area contributed by atoms with E-state index < -0.39 is 0 Å². The lowest BCUT2D eigenvalue weighted by Gasteiger charge is -2.08. The van der Waals surface area contributed by atoms with Crippen LogP contribution in [0.3, 0.4) is 0 Å². The van der Waals surface area contributed by atoms with Gasteiger partial charge in [-0.05, 0) is 19.1 Å². The maximum absolute atomic E-state index is 12.6. The number of aromatic nitrogens is 4. The van der Waals surface area contributed by atoms with Crippen LogP contribution in [-0.4, -0.2) is 26.6 Å². The summed E-state index contributed by atoms with van der Waals surface area (Å²) in [4.78, 5) is 35.1. The summed E-state index contributed by atoms with van der Waals surface area (Å²) >= 11 is 0. The van der Waals surface area contributed by atoms with E-state index in [1.807, 2.05) is 6.07 Å². The first kappa shape index (κ1) is 15.4. The number of hydrogen-bond acceptors (Lipinski definition) is 6. The van der Waals surface area contributed by atoms with E-state index in [2.05, 4.69) is 15.0 Å². The third-order valence-corrected chi connectivity index (χ3v) is 3.47. The summed E-state index contributed by atoms with van der Waals surface area (Å²) in [6, 6.07) is 6.43. The second-order valence-electron chi connectivity index (χ2n) is 5.17. The number of hydrogen-bond donors (Lipinski definition) is 1.